The molecule has 0 aromatic carbocycles. The molecule has 3 rings (SSSR count). The van der Waals surface area contributed by atoms with Crippen LogP contribution in [0.25, 0.3) is 0 Å². The van der Waals surface area contributed by atoms with Crippen molar-refractivity contribution in [2.45, 2.75) is 38.8 Å². The van der Waals surface area contributed by atoms with Gasteiger partial charge in [-0.05, 0) is 32.1 Å². The zero-order valence-electron chi connectivity index (χ0n) is 14.3. The summed E-state index contributed by atoms with van der Waals surface area (Å²) < 4.78 is 7.57. The lowest BCUT2D eigenvalue weighted by molar-refractivity contribution is -0.142. The summed E-state index contributed by atoms with van der Waals surface area (Å²) in [7, 11) is 1.94. The van der Waals surface area contributed by atoms with Crippen molar-refractivity contribution in [2.75, 3.05) is 32.8 Å². The molecule has 1 aromatic rings. The zero-order valence-corrected chi connectivity index (χ0v) is 14.3. The van der Waals surface area contributed by atoms with Gasteiger partial charge in [0.2, 0.25) is 0 Å². The van der Waals surface area contributed by atoms with Crippen LogP contribution >= 0.6 is 0 Å². The van der Waals surface area contributed by atoms with Crippen molar-refractivity contribution in [1.82, 2.24) is 19.6 Å². The fourth-order valence-electron chi connectivity index (χ4n) is 3.05. The first-order valence-electron chi connectivity index (χ1n) is 8.72. The number of hydrogen-bond acceptors (Lipinski definition) is 4. The van der Waals surface area contributed by atoms with Gasteiger partial charge in [0.15, 0.2) is 0 Å². The molecule has 23 heavy (non-hydrogen) atoms. The summed E-state index contributed by atoms with van der Waals surface area (Å²) in [6.45, 7) is 7.10. The van der Waals surface area contributed by atoms with Gasteiger partial charge in [-0.1, -0.05) is 0 Å². The van der Waals surface area contributed by atoms with Gasteiger partial charge in [-0.3, -0.25) is 14.4 Å². The first-order valence-corrected chi connectivity index (χ1v) is 8.72. The molecule has 0 spiro atoms. The Bertz CT molecular complexity index is 526. The van der Waals surface area contributed by atoms with E-state index >= 15 is 0 Å². The predicted molar refractivity (Wildman–Crippen MR) is 87.8 cm³/mol. The van der Waals surface area contributed by atoms with Gasteiger partial charge in [0.25, 0.3) is 5.91 Å². The van der Waals surface area contributed by atoms with Crippen LogP contribution < -0.4 is 0 Å². The summed E-state index contributed by atoms with van der Waals surface area (Å²) in [5.41, 5.74) is 1.23. The molecule has 0 bridgehead atoms. The van der Waals surface area contributed by atoms with E-state index in [-0.39, 0.29) is 12.0 Å². The van der Waals surface area contributed by atoms with Crippen molar-refractivity contribution in [1.29, 1.82) is 0 Å². The Morgan fingerprint density at radius 2 is 2.17 bits per heavy atom. The molecule has 128 valence electrons. The van der Waals surface area contributed by atoms with Gasteiger partial charge in [-0.25, -0.2) is 0 Å². The standard InChI is InChI=1S/C17H28N4O2/c1-14(23-13-15-4-5-15)17(22)21-7-3-6-20(8-9-21)12-16-10-18-19(2)11-16/h10-11,14-15H,3-9,12-13H2,1-2H3/t14-/m0/s1. The second-order valence-electron chi connectivity index (χ2n) is 6.90. The molecule has 1 aromatic heterocycles. The average Bonchev–Trinajstić information content (AvgIpc) is 3.31. The van der Waals surface area contributed by atoms with Crippen molar-refractivity contribution < 1.29 is 9.53 Å². The van der Waals surface area contributed by atoms with Crippen molar-refractivity contribution >= 4 is 5.91 Å². The van der Waals surface area contributed by atoms with Crippen LogP contribution in [0.5, 0.6) is 0 Å². The largest absolute Gasteiger partial charge is 0.368 e. The third kappa shape index (κ3) is 4.78. The van der Waals surface area contributed by atoms with E-state index in [1.807, 2.05) is 29.7 Å². The third-order valence-electron chi connectivity index (χ3n) is 4.69. The molecule has 2 heterocycles. The first-order chi connectivity index (χ1) is 11.1. The van der Waals surface area contributed by atoms with Gasteiger partial charge in [0, 0.05) is 51.5 Å². The summed E-state index contributed by atoms with van der Waals surface area (Å²) in [6.07, 6.45) is 7.20. The van der Waals surface area contributed by atoms with Gasteiger partial charge < -0.3 is 9.64 Å². The van der Waals surface area contributed by atoms with Crippen LogP contribution in [-0.4, -0.2) is 64.4 Å². The normalized spacial score (nSPS) is 21.2. The number of carbonyl (C=O) groups is 1. The maximum absolute atomic E-state index is 12.5. The number of nitrogens with zero attached hydrogens (tertiary/aromatic N) is 4. The fraction of sp³-hybridized carbons (Fsp3) is 0.765. The maximum atomic E-state index is 12.5. The van der Waals surface area contributed by atoms with Crippen LogP contribution in [0.2, 0.25) is 0 Å². The predicted octanol–water partition coefficient (Wildman–Crippen LogP) is 1.27. The van der Waals surface area contributed by atoms with Gasteiger partial charge in [0.05, 0.1) is 12.8 Å². The molecule has 0 N–H and O–H groups in total. The number of aryl methyl sites for hydroxylation is 1. The van der Waals surface area contributed by atoms with Crippen LogP contribution in [0.15, 0.2) is 12.4 Å². The molecule has 2 fully saturated rings. The maximum Gasteiger partial charge on any atom is 0.251 e. The summed E-state index contributed by atoms with van der Waals surface area (Å²) in [5, 5.41) is 4.22. The highest BCUT2D eigenvalue weighted by atomic mass is 16.5. The number of amides is 1. The number of rotatable bonds is 6. The van der Waals surface area contributed by atoms with Crippen LogP contribution in [0.4, 0.5) is 0 Å². The van der Waals surface area contributed by atoms with E-state index in [1.54, 1.807) is 0 Å². The molecular formula is C17H28N4O2. The second kappa shape index (κ2) is 7.45. The molecule has 1 saturated heterocycles. The molecule has 0 radical (unpaired) electrons. The number of aromatic nitrogens is 2. The number of hydrogen-bond donors (Lipinski definition) is 0. The van der Waals surface area contributed by atoms with Gasteiger partial charge in [-0.2, -0.15) is 5.10 Å². The smallest absolute Gasteiger partial charge is 0.251 e. The minimum absolute atomic E-state index is 0.147. The summed E-state index contributed by atoms with van der Waals surface area (Å²) in [4.78, 5) is 16.9. The highest BCUT2D eigenvalue weighted by molar-refractivity contribution is 5.80. The molecule has 1 aliphatic carbocycles. The summed E-state index contributed by atoms with van der Waals surface area (Å²) >= 11 is 0. The van der Waals surface area contributed by atoms with Crippen LogP contribution in [0, 0.1) is 5.92 Å². The van der Waals surface area contributed by atoms with Crippen molar-refractivity contribution in [3.05, 3.63) is 18.0 Å². The highest BCUT2D eigenvalue weighted by Gasteiger charge is 2.27. The van der Waals surface area contributed by atoms with Gasteiger partial charge in [-0.15, -0.1) is 0 Å². The average molecular weight is 320 g/mol. The summed E-state index contributed by atoms with van der Waals surface area (Å²) in [5.74, 6) is 0.846. The topological polar surface area (TPSA) is 50.6 Å². The molecule has 0 unspecified atom stereocenters. The SMILES string of the molecule is C[C@H](OCC1CC1)C(=O)N1CCCN(Cc2cnn(C)c2)CC1. The van der Waals surface area contributed by atoms with Crippen molar-refractivity contribution in [3.8, 4) is 0 Å². The van der Waals surface area contributed by atoms with E-state index in [0.717, 1.165) is 45.8 Å². The van der Waals surface area contributed by atoms with Crippen LogP contribution in [0.3, 0.4) is 0 Å². The minimum Gasteiger partial charge on any atom is -0.368 e. The lowest BCUT2D eigenvalue weighted by atomic mass is 10.3. The quantitative estimate of drug-likeness (QED) is 0.792. The Morgan fingerprint density at radius 3 is 2.87 bits per heavy atom. The second-order valence-corrected chi connectivity index (χ2v) is 6.90. The molecule has 6 nitrogen and oxygen atoms in total. The lowest BCUT2D eigenvalue weighted by Gasteiger charge is -2.24. The minimum atomic E-state index is -0.305. The fourth-order valence-corrected chi connectivity index (χ4v) is 3.05. The van der Waals surface area contributed by atoms with Crippen LogP contribution in [0.1, 0.15) is 31.7 Å². The highest BCUT2D eigenvalue weighted by Crippen LogP contribution is 2.29. The molecule has 1 amide bonds. The Morgan fingerprint density at radius 1 is 1.35 bits per heavy atom. The van der Waals surface area contributed by atoms with E-state index in [4.69, 9.17) is 4.74 Å². The number of ether oxygens (including phenoxy) is 1. The third-order valence-corrected chi connectivity index (χ3v) is 4.69. The molecule has 1 saturated carbocycles. The van der Waals surface area contributed by atoms with Gasteiger partial charge in [0.1, 0.15) is 6.10 Å². The van der Waals surface area contributed by atoms with E-state index in [2.05, 4.69) is 16.2 Å². The summed E-state index contributed by atoms with van der Waals surface area (Å²) in [6, 6.07) is 0. The molecule has 6 heteroatoms. The van der Waals surface area contributed by atoms with E-state index in [0.29, 0.717) is 5.92 Å². The van der Waals surface area contributed by atoms with Crippen molar-refractivity contribution in [2.24, 2.45) is 13.0 Å². The molecule has 1 aliphatic heterocycles. The Hall–Kier alpha value is -1.40. The molecule has 1 atom stereocenters. The number of carbonyl (C=O) groups excluding carboxylic acids is 1. The lowest BCUT2D eigenvalue weighted by Crippen LogP contribution is -2.41. The van der Waals surface area contributed by atoms with Crippen molar-refractivity contribution in [3.63, 3.8) is 0 Å². The Balaban J connectivity index is 1.46. The van der Waals surface area contributed by atoms with Crippen LogP contribution in [-0.2, 0) is 23.1 Å². The first kappa shape index (κ1) is 16.5. The monoisotopic (exact) mass is 320 g/mol. The Labute approximate surface area is 138 Å². The Kier molecular flexibility index (Phi) is 5.33. The molecular weight excluding hydrogens is 292 g/mol. The zero-order chi connectivity index (χ0) is 16.2. The van der Waals surface area contributed by atoms with Gasteiger partial charge >= 0.3 is 0 Å². The van der Waals surface area contributed by atoms with E-state index in [9.17, 15) is 4.79 Å². The van der Waals surface area contributed by atoms with E-state index < -0.39 is 0 Å². The molecule has 2 aliphatic rings. The van der Waals surface area contributed by atoms with E-state index in [1.165, 1.54) is 18.4 Å².